The molecule has 0 N–H and O–H groups in total. The Labute approximate surface area is 165 Å². The van der Waals surface area contributed by atoms with E-state index in [1.165, 1.54) is 151 Å². The van der Waals surface area contributed by atoms with E-state index in [-0.39, 0.29) is 0 Å². The van der Waals surface area contributed by atoms with Gasteiger partial charge in [-0.25, -0.2) is 0 Å². The van der Waals surface area contributed by atoms with Gasteiger partial charge in [0.2, 0.25) is 0 Å². The van der Waals surface area contributed by atoms with E-state index in [4.69, 9.17) is 0 Å². The van der Waals surface area contributed by atoms with Crippen LogP contribution in [0.5, 0.6) is 0 Å². The fraction of sp³-hybridized carbons (Fsp3) is 1.00. The summed E-state index contributed by atoms with van der Waals surface area (Å²) in [6.07, 6.45) is 20.7. The molecule has 2 rings (SSSR count). The highest BCUT2D eigenvalue weighted by molar-refractivity contribution is 4.56. The number of hydrogen-bond acceptors (Lipinski definition) is 0. The first kappa shape index (κ1) is 22.2. The summed E-state index contributed by atoms with van der Waals surface area (Å²) in [5.41, 5.74) is 0. The van der Waals surface area contributed by atoms with E-state index in [9.17, 15) is 0 Å². The van der Waals surface area contributed by atoms with E-state index >= 15 is 0 Å². The monoisotopic (exact) mass is 366 g/mol. The first-order chi connectivity index (χ1) is 12.7. The van der Waals surface area contributed by atoms with Crippen molar-refractivity contribution in [1.82, 2.24) is 0 Å². The third-order valence-corrected chi connectivity index (χ3v) is 7.89. The Bertz CT molecular complexity index is 306. The first-order valence-electron chi connectivity index (χ1n) is 12.4. The van der Waals surface area contributed by atoms with E-state index in [0.717, 1.165) is 0 Å². The van der Waals surface area contributed by atoms with Gasteiger partial charge in [-0.15, -0.1) is 0 Å². The summed E-state index contributed by atoms with van der Waals surface area (Å²) >= 11 is 0. The molecule has 2 fully saturated rings. The topological polar surface area (TPSA) is 0 Å². The molecule has 2 saturated heterocycles. The first-order valence-corrected chi connectivity index (χ1v) is 12.4. The molecule has 0 amide bonds. The molecule has 0 aromatic carbocycles. The predicted octanol–water partition coefficient (Wildman–Crippen LogP) is 6.15. The van der Waals surface area contributed by atoms with Gasteiger partial charge in [0, 0.05) is 0 Å². The molecule has 0 bridgehead atoms. The third kappa shape index (κ3) is 7.50. The lowest BCUT2D eigenvalue weighted by molar-refractivity contribution is -0.931. The average Bonchev–Trinajstić information content (AvgIpc) is 2.71. The smallest absolute Gasteiger partial charge is 0.0786 e. The zero-order valence-corrected chi connectivity index (χ0v) is 18.5. The Kier molecular flexibility index (Phi) is 10.6. The highest BCUT2D eigenvalue weighted by Gasteiger charge is 2.27. The summed E-state index contributed by atoms with van der Waals surface area (Å²) in [5.74, 6) is 0. The van der Waals surface area contributed by atoms with Crippen LogP contribution in [0.3, 0.4) is 0 Å². The van der Waals surface area contributed by atoms with Crippen LogP contribution in [0.1, 0.15) is 104 Å². The van der Waals surface area contributed by atoms with Crippen LogP contribution in [-0.4, -0.2) is 61.3 Å². The van der Waals surface area contributed by atoms with Crippen LogP contribution in [0.2, 0.25) is 0 Å². The molecule has 2 aliphatic rings. The Balaban J connectivity index is 1.42. The van der Waals surface area contributed by atoms with E-state index in [2.05, 4.69) is 13.8 Å². The summed E-state index contributed by atoms with van der Waals surface area (Å²) < 4.78 is 2.88. The standard InChI is InChI=1S/C24H50N2/c1-3-25(21-15-11-16-22-25)19-13-9-7-5-6-8-10-14-20-26(4-2)23-17-12-18-24-26/h3-24H2,1-2H3/q+2. The summed E-state index contributed by atoms with van der Waals surface area (Å²) in [6.45, 7) is 16.4. The molecular formula is C24H50N2+2. The molecule has 0 radical (unpaired) electrons. The number of quaternary nitrogens is 2. The minimum Gasteiger partial charge on any atom is -0.324 e. The van der Waals surface area contributed by atoms with Crippen LogP contribution >= 0.6 is 0 Å². The number of hydrogen-bond donors (Lipinski definition) is 0. The van der Waals surface area contributed by atoms with Crippen molar-refractivity contribution in [1.29, 1.82) is 0 Å². The lowest BCUT2D eigenvalue weighted by Crippen LogP contribution is -2.51. The predicted molar refractivity (Wildman–Crippen MR) is 115 cm³/mol. The maximum absolute atomic E-state index is 2.42. The van der Waals surface area contributed by atoms with Crippen molar-refractivity contribution >= 4 is 0 Å². The molecule has 0 atom stereocenters. The average molecular weight is 367 g/mol. The molecule has 0 spiro atoms. The molecule has 0 unspecified atom stereocenters. The summed E-state index contributed by atoms with van der Waals surface area (Å²) in [4.78, 5) is 0. The van der Waals surface area contributed by atoms with Gasteiger partial charge in [0.1, 0.15) is 0 Å². The van der Waals surface area contributed by atoms with E-state index in [1.807, 2.05) is 0 Å². The molecule has 2 heterocycles. The zero-order chi connectivity index (χ0) is 18.6. The van der Waals surface area contributed by atoms with Crippen LogP contribution in [0, 0.1) is 0 Å². The molecule has 26 heavy (non-hydrogen) atoms. The quantitative estimate of drug-likeness (QED) is 0.271. The highest BCUT2D eigenvalue weighted by Crippen LogP contribution is 2.22. The van der Waals surface area contributed by atoms with E-state index in [1.54, 1.807) is 0 Å². The minimum atomic E-state index is 1.37. The Hall–Kier alpha value is -0.0800. The molecule has 2 nitrogen and oxygen atoms in total. The zero-order valence-electron chi connectivity index (χ0n) is 18.5. The number of rotatable bonds is 13. The fourth-order valence-corrected chi connectivity index (χ4v) is 5.72. The molecule has 0 aliphatic carbocycles. The van der Waals surface area contributed by atoms with Crippen LogP contribution in [0.4, 0.5) is 0 Å². The maximum Gasteiger partial charge on any atom is 0.0786 e. The van der Waals surface area contributed by atoms with Crippen molar-refractivity contribution in [2.45, 2.75) is 104 Å². The van der Waals surface area contributed by atoms with Crippen molar-refractivity contribution < 1.29 is 8.97 Å². The largest absolute Gasteiger partial charge is 0.324 e. The number of likely N-dealkylation sites (tertiary alicyclic amines) is 2. The summed E-state index contributed by atoms with van der Waals surface area (Å²) in [7, 11) is 0. The van der Waals surface area contributed by atoms with Gasteiger partial charge in [-0.05, 0) is 78.1 Å². The summed E-state index contributed by atoms with van der Waals surface area (Å²) in [6, 6.07) is 0. The second kappa shape index (κ2) is 12.4. The van der Waals surface area contributed by atoms with Crippen molar-refractivity contribution in [3.05, 3.63) is 0 Å². The van der Waals surface area contributed by atoms with Gasteiger partial charge < -0.3 is 8.97 Å². The highest BCUT2D eigenvalue weighted by atomic mass is 15.4. The van der Waals surface area contributed by atoms with Gasteiger partial charge in [0.15, 0.2) is 0 Å². The van der Waals surface area contributed by atoms with Crippen LogP contribution in [0.25, 0.3) is 0 Å². The summed E-state index contributed by atoms with van der Waals surface area (Å²) in [5, 5.41) is 0. The van der Waals surface area contributed by atoms with Crippen molar-refractivity contribution in [2.24, 2.45) is 0 Å². The van der Waals surface area contributed by atoms with Gasteiger partial charge in [0.05, 0.1) is 52.4 Å². The molecule has 0 aromatic rings. The molecule has 2 aliphatic heterocycles. The Morgan fingerprint density at radius 2 is 0.731 bits per heavy atom. The Morgan fingerprint density at radius 1 is 0.423 bits per heavy atom. The number of nitrogens with zero attached hydrogens (tertiary/aromatic N) is 2. The van der Waals surface area contributed by atoms with Crippen molar-refractivity contribution in [3.8, 4) is 0 Å². The lowest BCUT2D eigenvalue weighted by Gasteiger charge is -2.41. The van der Waals surface area contributed by atoms with Gasteiger partial charge in [-0.3, -0.25) is 0 Å². The number of unbranched alkanes of at least 4 members (excludes halogenated alkanes) is 7. The van der Waals surface area contributed by atoms with Crippen molar-refractivity contribution in [3.63, 3.8) is 0 Å². The third-order valence-electron chi connectivity index (χ3n) is 7.89. The van der Waals surface area contributed by atoms with E-state index in [0.29, 0.717) is 0 Å². The van der Waals surface area contributed by atoms with Crippen LogP contribution < -0.4 is 0 Å². The maximum atomic E-state index is 2.42. The van der Waals surface area contributed by atoms with Gasteiger partial charge in [-0.2, -0.15) is 0 Å². The normalized spacial score (nSPS) is 22.4. The molecule has 0 saturated carbocycles. The fourth-order valence-electron chi connectivity index (χ4n) is 5.72. The molecule has 0 aromatic heterocycles. The second-order valence-corrected chi connectivity index (χ2v) is 9.61. The molecular weight excluding hydrogens is 316 g/mol. The second-order valence-electron chi connectivity index (χ2n) is 9.61. The molecule has 154 valence electrons. The number of piperidine rings is 2. The minimum absolute atomic E-state index is 1.37. The lowest BCUT2D eigenvalue weighted by atomic mass is 10.0. The molecule has 2 heteroatoms. The Morgan fingerprint density at radius 3 is 1.04 bits per heavy atom. The van der Waals surface area contributed by atoms with Crippen LogP contribution in [-0.2, 0) is 0 Å². The van der Waals surface area contributed by atoms with Crippen molar-refractivity contribution in [2.75, 3.05) is 52.4 Å². The SMILES string of the molecule is CC[N+]1(CCCCCCCCCC[N+]2(CC)CCCCC2)CCCCC1. The van der Waals surface area contributed by atoms with Gasteiger partial charge >= 0.3 is 0 Å². The van der Waals surface area contributed by atoms with Crippen LogP contribution in [0.15, 0.2) is 0 Å². The van der Waals surface area contributed by atoms with E-state index < -0.39 is 0 Å². The van der Waals surface area contributed by atoms with Gasteiger partial charge in [-0.1, -0.05) is 25.7 Å². The van der Waals surface area contributed by atoms with Gasteiger partial charge in [0.25, 0.3) is 0 Å².